The Labute approximate surface area is 121 Å². The molecule has 0 saturated heterocycles. The molecule has 3 N–H and O–H groups in total. The summed E-state index contributed by atoms with van der Waals surface area (Å²) in [4.78, 5) is 2.29. The third-order valence-electron chi connectivity index (χ3n) is 3.27. The average Bonchev–Trinajstić information content (AvgIpc) is 2.36. The van der Waals surface area contributed by atoms with E-state index in [1.807, 2.05) is 14.1 Å². The van der Waals surface area contributed by atoms with Gasteiger partial charge in [-0.3, -0.25) is 0 Å². The van der Waals surface area contributed by atoms with E-state index in [4.69, 9.17) is 5.73 Å². The van der Waals surface area contributed by atoms with Crippen molar-refractivity contribution in [2.75, 3.05) is 45.8 Å². The van der Waals surface area contributed by atoms with Gasteiger partial charge in [-0.25, -0.2) is 12.7 Å². The van der Waals surface area contributed by atoms with Crippen molar-refractivity contribution in [3.63, 3.8) is 0 Å². The first kappa shape index (κ1) is 16.7. The number of sulfonamides is 1. The number of anilines is 2. The average molecular weight is 300 g/mol. The maximum absolute atomic E-state index is 12.0. The summed E-state index contributed by atoms with van der Waals surface area (Å²) in [5.74, 6) is 0. The van der Waals surface area contributed by atoms with Crippen molar-refractivity contribution in [3.8, 4) is 0 Å². The second kappa shape index (κ2) is 6.43. The van der Waals surface area contributed by atoms with E-state index in [0.29, 0.717) is 11.7 Å². The summed E-state index contributed by atoms with van der Waals surface area (Å²) in [6.45, 7) is 2.82. The van der Waals surface area contributed by atoms with Gasteiger partial charge in [-0.15, -0.1) is 0 Å². The van der Waals surface area contributed by atoms with E-state index in [9.17, 15) is 8.42 Å². The molecule has 6 nitrogen and oxygen atoms in total. The zero-order valence-electron chi connectivity index (χ0n) is 12.7. The lowest BCUT2D eigenvalue weighted by atomic mass is 10.2. The van der Waals surface area contributed by atoms with Crippen LogP contribution < -0.4 is 11.1 Å². The van der Waals surface area contributed by atoms with Gasteiger partial charge >= 0.3 is 0 Å². The molecule has 1 unspecified atom stereocenters. The van der Waals surface area contributed by atoms with Crippen LogP contribution in [0.1, 0.15) is 6.92 Å². The smallest absolute Gasteiger partial charge is 0.242 e. The molecule has 1 aromatic rings. The summed E-state index contributed by atoms with van der Waals surface area (Å²) in [5, 5.41) is 3.23. The third kappa shape index (κ3) is 3.84. The minimum absolute atomic E-state index is 0.200. The Morgan fingerprint density at radius 3 is 2.30 bits per heavy atom. The number of benzene rings is 1. The number of nitrogens with two attached hydrogens (primary N) is 1. The van der Waals surface area contributed by atoms with Crippen molar-refractivity contribution in [3.05, 3.63) is 18.2 Å². The van der Waals surface area contributed by atoms with Gasteiger partial charge in [0.25, 0.3) is 0 Å². The molecule has 7 heteroatoms. The van der Waals surface area contributed by atoms with Crippen LogP contribution in [0.3, 0.4) is 0 Å². The lowest BCUT2D eigenvalue weighted by molar-refractivity contribution is 0.326. The number of rotatable bonds is 6. The first-order valence-electron chi connectivity index (χ1n) is 6.38. The Morgan fingerprint density at radius 1 is 1.25 bits per heavy atom. The number of hydrogen-bond donors (Lipinski definition) is 2. The van der Waals surface area contributed by atoms with Crippen LogP contribution in [-0.4, -0.2) is 58.4 Å². The number of likely N-dealkylation sites (N-methyl/N-ethyl adjacent to an activating group) is 1. The van der Waals surface area contributed by atoms with E-state index in [2.05, 4.69) is 17.1 Å². The maximum atomic E-state index is 12.0. The summed E-state index contributed by atoms with van der Waals surface area (Å²) in [6, 6.07) is 5.10. The van der Waals surface area contributed by atoms with Crippen molar-refractivity contribution < 1.29 is 8.42 Å². The second-order valence-corrected chi connectivity index (χ2v) is 7.38. The van der Waals surface area contributed by atoms with Crippen molar-refractivity contribution >= 4 is 21.4 Å². The normalized spacial score (nSPS) is 13.8. The highest BCUT2D eigenvalue weighted by Gasteiger charge is 2.18. The molecular formula is C13H24N4O2S. The van der Waals surface area contributed by atoms with Crippen LogP contribution in [0.2, 0.25) is 0 Å². The van der Waals surface area contributed by atoms with Crippen LogP contribution in [0.4, 0.5) is 11.4 Å². The molecule has 0 aliphatic rings. The number of nitrogens with zero attached hydrogens (tertiary/aromatic N) is 2. The van der Waals surface area contributed by atoms with E-state index in [1.54, 1.807) is 12.1 Å². The molecule has 0 fully saturated rings. The lowest BCUT2D eigenvalue weighted by Gasteiger charge is -2.21. The quantitative estimate of drug-likeness (QED) is 0.763. The lowest BCUT2D eigenvalue weighted by Crippen LogP contribution is -2.31. The first-order valence-corrected chi connectivity index (χ1v) is 7.82. The van der Waals surface area contributed by atoms with Gasteiger partial charge in [0, 0.05) is 26.7 Å². The SMILES string of the molecule is CC(CNc1ccc(S(=O)(=O)N(C)C)cc1N)N(C)C. The van der Waals surface area contributed by atoms with Crippen LogP contribution >= 0.6 is 0 Å². The minimum atomic E-state index is -3.44. The van der Waals surface area contributed by atoms with E-state index >= 15 is 0 Å². The van der Waals surface area contributed by atoms with Crippen molar-refractivity contribution in [2.45, 2.75) is 17.9 Å². The third-order valence-corrected chi connectivity index (χ3v) is 5.08. The second-order valence-electron chi connectivity index (χ2n) is 5.23. The van der Waals surface area contributed by atoms with Gasteiger partial charge in [0.2, 0.25) is 10.0 Å². The summed E-state index contributed by atoms with van der Waals surface area (Å²) < 4.78 is 25.2. The molecule has 1 atom stereocenters. The molecule has 0 aliphatic carbocycles. The fourth-order valence-electron chi connectivity index (χ4n) is 1.51. The van der Waals surface area contributed by atoms with Crippen LogP contribution in [0.5, 0.6) is 0 Å². The van der Waals surface area contributed by atoms with E-state index in [0.717, 1.165) is 12.2 Å². The van der Waals surface area contributed by atoms with E-state index < -0.39 is 10.0 Å². The molecule has 0 heterocycles. The molecule has 1 rings (SSSR count). The van der Waals surface area contributed by atoms with Crippen LogP contribution in [0.25, 0.3) is 0 Å². The Hall–Kier alpha value is -1.31. The minimum Gasteiger partial charge on any atom is -0.397 e. The Balaban J connectivity index is 2.90. The Morgan fingerprint density at radius 2 is 1.85 bits per heavy atom. The summed E-state index contributed by atoms with van der Waals surface area (Å²) in [6.07, 6.45) is 0. The van der Waals surface area contributed by atoms with Crippen molar-refractivity contribution in [2.24, 2.45) is 0 Å². The predicted molar refractivity (Wildman–Crippen MR) is 83.4 cm³/mol. The molecule has 0 saturated carbocycles. The van der Waals surface area contributed by atoms with E-state index in [1.165, 1.54) is 24.5 Å². The number of nitrogens with one attached hydrogen (secondary N) is 1. The van der Waals surface area contributed by atoms with Gasteiger partial charge < -0.3 is 16.0 Å². The van der Waals surface area contributed by atoms with Gasteiger partial charge in [0.15, 0.2) is 0 Å². The Bertz CT molecular complexity index is 555. The molecule has 0 amide bonds. The highest BCUT2D eigenvalue weighted by Crippen LogP contribution is 2.24. The predicted octanol–water partition coefficient (Wildman–Crippen LogP) is 0.881. The summed E-state index contributed by atoms with van der Waals surface area (Å²) >= 11 is 0. The molecule has 0 bridgehead atoms. The fraction of sp³-hybridized carbons (Fsp3) is 0.538. The standard InChI is InChI=1S/C13H24N4O2S/c1-10(16(2)3)9-15-13-7-6-11(8-12(13)14)20(18,19)17(4)5/h6-8,10,15H,9,14H2,1-5H3. The molecule has 114 valence electrons. The zero-order valence-corrected chi connectivity index (χ0v) is 13.5. The molecular weight excluding hydrogens is 276 g/mol. The first-order chi connectivity index (χ1) is 9.16. The molecule has 0 aromatic heterocycles. The van der Waals surface area contributed by atoms with Gasteiger partial charge in [0.05, 0.1) is 16.3 Å². The van der Waals surface area contributed by atoms with Crippen molar-refractivity contribution in [1.82, 2.24) is 9.21 Å². The fourth-order valence-corrected chi connectivity index (χ4v) is 2.45. The Kier molecular flexibility index (Phi) is 5.38. The zero-order chi connectivity index (χ0) is 15.5. The van der Waals surface area contributed by atoms with Gasteiger partial charge in [0.1, 0.15) is 0 Å². The van der Waals surface area contributed by atoms with Crippen LogP contribution in [0, 0.1) is 0 Å². The van der Waals surface area contributed by atoms with Crippen molar-refractivity contribution in [1.29, 1.82) is 0 Å². The van der Waals surface area contributed by atoms with Gasteiger partial charge in [-0.1, -0.05) is 0 Å². The van der Waals surface area contributed by atoms with Gasteiger partial charge in [-0.05, 0) is 39.2 Å². The highest BCUT2D eigenvalue weighted by molar-refractivity contribution is 7.89. The summed E-state index contributed by atoms with van der Waals surface area (Å²) in [7, 11) is 3.55. The molecule has 0 radical (unpaired) electrons. The maximum Gasteiger partial charge on any atom is 0.242 e. The molecule has 20 heavy (non-hydrogen) atoms. The monoisotopic (exact) mass is 300 g/mol. The highest BCUT2D eigenvalue weighted by atomic mass is 32.2. The topological polar surface area (TPSA) is 78.7 Å². The molecule has 0 spiro atoms. The van der Waals surface area contributed by atoms with Crippen LogP contribution in [0.15, 0.2) is 23.1 Å². The molecule has 1 aromatic carbocycles. The summed E-state index contributed by atoms with van der Waals surface area (Å²) in [5.41, 5.74) is 7.10. The largest absolute Gasteiger partial charge is 0.397 e. The van der Waals surface area contributed by atoms with Crippen LogP contribution in [-0.2, 0) is 10.0 Å². The van der Waals surface area contributed by atoms with E-state index in [-0.39, 0.29) is 4.90 Å². The van der Waals surface area contributed by atoms with Gasteiger partial charge in [-0.2, -0.15) is 0 Å². The number of hydrogen-bond acceptors (Lipinski definition) is 5. The molecule has 0 aliphatic heterocycles. The number of nitrogen functional groups attached to an aromatic ring is 1.